The first-order valence-corrected chi connectivity index (χ1v) is 10.2. The van der Waals surface area contributed by atoms with E-state index in [1.165, 1.54) is 12.0 Å². The molecule has 0 bridgehead atoms. The van der Waals surface area contributed by atoms with Gasteiger partial charge in [-0.1, -0.05) is 69.3 Å². The third kappa shape index (κ3) is 4.87. The summed E-state index contributed by atoms with van der Waals surface area (Å²) in [6.07, 6.45) is 3.97. The molecule has 0 amide bonds. The summed E-state index contributed by atoms with van der Waals surface area (Å²) in [7, 11) is 0. The number of benzene rings is 1. The Morgan fingerprint density at radius 3 is 2.04 bits per heavy atom. The molecule has 1 aliphatic carbocycles. The molecule has 2 nitrogen and oxygen atoms in total. The predicted octanol–water partition coefficient (Wildman–Crippen LogP) is 6.11. The van der Waals surface area contributed by atoms with Crippen molar-refractivity contribution in [3.8, 4) is 0 Å². The molecule has 0 saturated carbocycles. The van der Waals surface area contributed by atoms with E-state index in [-0.39, 0.29) is 5.41 Å². The Labute approximate surface area is 165 Å². The van der Waals surface area contributed by atoms with Gasteiger partial charge in [0.1, 0.15) is 0 Å². The predicted molar refractivity (Wildman–Crippen MR) is 116 cm³/mol. The van der Waals surface area contributed by atoms with Crippen LogP contribution in [0.15, 0.2) is 65.8 Å². The van der Waals surface area contributed by atoms with Crippen molar-refractivity contribution in [1.29, 1.82) is 0 Å². The highest BCUT2D eigenvalue weighted by atomic mass is 16.1. The monoisotopic (exact) mass is 365 g/mol. The van der Waals surface area contributed by atoms with Gasteiger partial charge in [0.25, 0.3) is 0 Å². The minimum absolute atomic E-state index is 0.213. The summed E-state index contributed by atoms with van der Waals surface area (Å²) in [4.78, 5) is 15.6. The molecule has 27 heavy (non-hydrogen) atoms. The first-order chi connectivity index (χ1) is 12.8. The maximum absolute atomic E-state index is 13.1. The third-order valence-corrected chi connectivity index (χ3v) is 5.53. The van der Waals surface area contributed by atoms with Gasteiger partial charge in [-0.25, -0.2) is 0 Å². The van der Waals surface area contributed by atoms with Gasteiger partial charge in [-0.3, -0.25) is 9.69 Å². The second-order valence-corrected chi connectivity index (χ2v) is 8.17. The Morgan fingerprint density at radius 1 is 1.04 bits per heavy atom. The lowest BCUT2D eigenvalue weighted by Gasteiger charge is -2.38. The zero-order valence-electron chi connectivity index (χ0n) is 17.6. The highest BCUT2D eigenvalue weighted by Crippen LogP contribution is 2.49. The van der Waals surface area contributed by atoms with E-state index in [2.05, 4.69) is 62.2 Å². The van der Waals surface area contributed by atoms with Crippen LogP contribution >= 0.6 is 0 Å². The van der Waals surface area contributed by atoms with Crippen molar-refractivity contribution in [3.05, 3.63) is 71.3 Å². The Bertz CT molecular complexity index is 718. The van der Waals surface area contributed by atoms with E-state index in [1.54, 1.807) is 0 Å². The molecule has 1 spiro atoms. The Kier molecular flexibility index (Phi) is 7.38. The van der Waals surface area contributed by atoms with Crippen LogP contribution in [-0.2, 0) is 11.3 Å². The summed E-state index contributed by atoms with van der Waals surface area (Å²) >= 11 is 0. The number of nitrogens with zero attached hydrogens (tertiary/aromatic N) is 1. The average molecular weight is 366 g/mol. The summed E-state index contributed by atoms with van der Waals surface area (Å²) < 4.78 is 0. The summed E-state index contributed by atoms with van der Waals surface area (Å²) in [5.74, 6) is 0.312. The normalized spacial score (nSPS) is 19.0. The number of likely N-dealkylation sites (tertiary alicyclic amines) is 1. The minimum Gasteiger partial charge on any atom is -0.299 e. The molecule has 1 aromatic carbocycles. The highest BCUT2D eigenvalue weighted by molar-refractivity contribution is 6.07. The van der Waals surface area contributed by atoms with Gasteiger partial charge < -0.3 is 0 Å². The topological polar surface area (TPSA) is 20.3 Å². The fraction of sp³-hybridized carbons (Fsp3) is 0.480. The number of allylic oxidation sites excluding steroid dienone is 4. The first kappa shape index (κ1) is 21.4. The lowest BCUT2D eigenvalue weighted by Crippen LogP contribution is -2.42. The van der Waals surface area contributed by atoms with Gasteiger partial charge in [-0.15, -0.1) is 0 Å². The van der Waals surface area contributed by atoms with Gasteiger partial charge in [0.05, 0.1) is 0 Å². The number of piperidine rings is 1. The lowest BCUT2D eigenvalue weighted by atomic mass is 9.73. The van der Waals surface area contributed by atoms with Crippen LogP contribution in [0.25, 0.3) is 0 Å². The molecule has 2 heteroatoms. The Hall–Kier alpha value is -1.93. The highest BCUT2D eigenvalue weighted by Gasteiger charge is 2.48. The zero-order chi connectivity index (χ0) is 20.0. The van der Waals surface area contributed by atoms with E-state index in [0.717, 1.165) is 61.2 Å². The number of Topliss-reactive ketones (excluding diaryl/α,β-unsaturated/α-hetero) is 1. The van der Waals surface area contributed by atoms with Crippen LogP contribution in [0, 0.1) is 5.41 Å². The number of carbonyl (C=O) groups excluding carboxylic acids is 1. The smallest absolute Gasteiger partial charge is 0.169 e. The molecule has 0 aromatic heterocycles. The molecular weight excluding hydrogens is 330 g/mol. The van der Waals surface area contributed by atoms with Crippen LogP contribution in [0.5, 0.6) is 0 Å². The molecule has 0 atom stereocenters. The van der Waals surface area contributed by atoms with E-state index in [9.17, 15) is 4.79 Å². The summed E-state index contributed by atoms with van der Waals surface area (Å²) in [5.41, 5.74) is 5.04. The molecule has 2 aliphatic rings. The van der Waals surface area contributed by atoms with E-state index in [4.69, 9.17) is 0 Å². The van der Waals surface area contributed by atoms with Crippen molar-refractivity contribution in [1.82, 2.24) is 4.90 Å². The second-order valence-electron chi connectivity index (χ2n) is 8.17. The quantitative estimate of drug-likeness (QED) is 0.642. The summed E-state index contributed by atoms with van der Waals surface area (Å²) in [6.45, 7) is 19.3. The molecule has 1 aliphatic heterocycles. The van der Waals surface area contributed by atoms with Gasteiger partial charge >= 0.3 is 0 Å². The largest absolute Gasteiger partial charge is 0.299 e. The van der Waals surface area contributed by atoms with Crippen LogP contribution in [-0.4, -0.2) is 23.8 Å². The fourth-order valence-electron chi connectivity index (χ4n) is 4.11. The molecule has 1 fully saturated rings. The molecule has 1 saturated heterocycles. The van der Waals surface area contributed by atoms with Gasteiger partial charge in [-0.2, -0.15) is 0 Å². The first-order valence-electron chi connectivity index (χ1n) is 10.2. The fourth-order valence-corrected chi connectivity index (χ4v) is 4.11. The van der Waals surface area contributed by atoms with Crippen LogP contribution in [0.2, 0.25) is 0 Å². The number of hydrogen-bond acceptors (Lipinski definition) is 2. The average Bonchev–Trinajstić information content (AvgIpc) is 2.92. The maximum Gasteiger partial charge on any atom is 0.169 e. The molecule has 1 heterocycles. The van der Waals surface area contributed by atoms with E-state index < -0.39 is 0 Å². The van der Waals surface area contributed by atoms with E-state index >= 15 is 0 Å². The standard InChI is InChI=1S/C22H27NO.C3H8/c1-16(2)19-14-22(21(24)20(19)17(3)4)10-12-23(13-11-22)15-18-8-6-5-7-9-18;1-3-2/h5-9H,1,3,10-15H2,2,4H3;3H2,1-2H3. The van der Waals surface area contributed by atoms with E-state index in [0.29, 0.717) is 5.78 Å². The summed E-state index contributed by atoms with van der Waals surface area (Å²) in [6, 6.07) is 10.6. The molecular formula is C25H35NO. The van der Waals surface area contributed by atoms with Crippen LogP contribution in [0.1, 0.15) is 58.9 Å². The molecule has 0 radical (unpaired) electrons. The Morgan fingerprint density at radius 2 is 1.59 bits per heavy atom. The van der Waals surface area contributed by atoms with Crippen LogP contribution in [0.4, 0.5) is 0 Å². The van der Waals surface area contributed by atoms with Gasteiger partial charge in [-0.05, 0) is 62.9 Å². The zero-order valence-corrected chi connectivity index (χ0v) is 17.6. The van der Waals surface area contributed by atoms with Gasteiger partial charge in [0.2, 0.25) is 0 Å². The van der Waals surface area contributed by atoms with Crippen molar-refractivity contribution in [2.45, 2.75) is 59.9 Å². The SMILES string of the molecule is C=C(C)C1=C(C(=C)C)C(=O)C2(CCN(Cc3ccccc3)CC2)C1.CCC. The van der Waals surface area contributed by atoms with Crippen LogP contribution in [0.3, 0.4) is 0 Å². The Balaban J connectivity index is 0.000000817. The molecule has 1 aromatic rings. The van der Waals surface area contributed by atoms with E-state index in [1.807, 2.05) is 13.8 Å². The van der Waals surface area contributed by atoms with Crippen LogP contribution < -0.4 is 0 Å². The second kappa shape index (κ2) is 9.32. The molecule has 3 rings (SSSR count). The lowest BCUT2D eigenvalue weighted by molar-refractivity contribution is -0.126. The molecule has 0 N–H and O–H groups in total. The van der Waals surface area contributed by atoms with Crippen molar-refractivity contribution < 1.29 is 4.79 Å². The minimum atomic E-state index is -0.213. The molecule has 146 valence electrons. The number of rotatable bonds is 4. The van der Waals surface area contributed by atoms with Crippen molar-refractivity contribution in [3.63, 3.8) is 0 Å². The van der Waals surface area contributed by atoms with Crippen molar-refractivity contribution in [2.24, 2.45) is 5.41 Å². The maximum atomic E-state index is 13.1. The van der Waals surface area contributed by atoms with Gasteiger partial charge in [0.15, 0.2) is 5.78 Å². The number of hydrogen-bond donors (Lipinski definition) is 0. The molecule has 0 unspecified atom stereocenters. The number of carbonyl (C=O) groups is 1. The van der Waals surface area contributed by atoms with Crippen molar-refractivity contribution in [2.75, 3.05) is 13.1 Å². The number of ketones is 1. The van der Waals surface area contributed by atoms with Gasteiger partial charge in [0, 0.05) is 17.5 Å². The summed E-state index contributed by atoms with van der Waals surface area (Å²) in [5, 5.41) is 0. The van der Waals surface area contributed by atoms with Crippen molar-refractivity contribution >= 4 is 5.78 Å². The third-order valence-electron chi connectivity index (χ3n) is 5.53.